The molecule has 5 heteroatoms. The van der Waals surface area contributed by atoms with Gasteiger partial charge in [-0.3, -0.25) is 0 Å². The van der Waals surface area contributed by atoms with Gasteiger partial charge in [-0.2, -0.15) is 0 Å². The maximum absolute atomic E-state index is 11.6. The van der Waals surface area contributed by atoms with Crippen LogP contribution in [-0.2, 0) is 0 Å². The minimum Gasteiger partial charge on any atom is -0.477 e. The largest absolute Gasteiger partial charge is 0.477 e. The SMILES string of the molecule is O=C(O)c1c(-c2cccc(Cl)c2)noc1C1CCCC1. The molecule has 1 fully saturated rings. The number of carboxylic acid groups (broad SMARTS) is 1. The number of nitrogens with zero attached hydrogens (tertiary/aromatic N) is 1. The van der Waals surface area contributed by atoms with Crippen LogP contribution in [0.1, 0.15) is 47.7 Å². The number of halogens is 1. The Morgan fingerprint density at radius 3 is 2.75 bits per heavy atom. The Bertz CT molecular complexity index is 644. The van der Waals surface area contributed by atoms with E-state index in [1.807, 2.05) is 0 Å². The van der Waals surface area contributed by atoms with Gasteiger partial charge in [-0.25, -0.2) is 4.79 Å². The van der Waals surface area contributed by atoms with Crippen LogP contribution in [0.5, 0.6) is 0 Å². The van der Waals surface area contributed by atoms with Gasteiger partial charge in [-0.05, 0) is 25.0 Å². The molecule has 1 aliphatic carbocycles. The van der Waals surface area contributed by atoms with Crippen molar-refractivity contribution >= 4 is 17.6 Å². The second-order valence-electron chi connectivity index (χ2n) is 5.07. The highest BCUT2D eigenvalue weighted by Crippen LogP contribution is 2.39. The molecule has 1 N–H and O–H groups in total. The molecule has 0 spiro atoms. The summed E-state index contributed by atoms with van der Waals surface area (Å²) in [7, 11) is 0. The Labute approximate surface area is 121 Å². The normalized spacial score (nSPS) is 15.7. The van der Waals surface area contributed by atoms with E-state index in [1.165, 1.54) is 0 Å². The van der Waals surface area contributed by atoms with Crippen LogP contribution in [0, 0.1) is 0 Å². The number of aromatic carboxylic acids is 1. The molecule has 0 saturated heterocycles. The number of hydrogen-bond acceptors (Lipinski definition) is 3. The smallest absolute Gasteiger partial charge is 0.341 e. The quantitative estimate of drug-likeness (QED) is 0.913. The van der Waals surface area contributed by atoms with E-state index in [4.69, 9.17) is 16.1 Å². The van der Waals surface area contributed by atoms with Gasteiger partial charge in [0, 0.05) is 16.5 Å². The second kappa shape index (κ2) is 5.29. The van der Waals surface area contributed by atoms with E-state index >= 15 is 0 Å². The van der Waals surface area contributed by atoms with Crippen molar-refractivity contribution in [3.63, 3.8) is 0 Å². The van der Waals surface area contributed by atoms with Gasteiger partial charge < -0.3 is 9.63 Å². The first-order chi connectivity index (χ1) is 9.66. The van der Waals surface area contributed by atoms with Crippen molar-refractivity contribution in [2.24, 2.45) is 0 Å². The van der Waals surface area contributed by atoms with E-state index in [-0.39, 0.29) is 11.5 Å². The summed E-state index contributed by atoms with van der Waals surface area (Å²) in [5, 5.41) is 14.0. The molecule has 0 bridgehead atoms. The molecule has 3 rings (SSSR count). The van der Waals surface area contributed by atoms with Crippen LogP contribution < -0.4 is 0 Å². The number of carbonyl (C=O) groups is 1. The molecule has 2 aromatic rings. The van der Waals surface area contributed by atoms with Crippen LogP contribution in [0.3, 0.4) is 0 Å². The van der Waals surface area contributed by atoms with Crippen molar-refractivity contribution in [1.29, 1.82) is 0 Å². The van der Waals surface area contributed by atoms with Crippen molar-refractivity contribution in [3.8, 4) is 11.3 Å². The Hall–Kier alpha value is -1.81. The first kappa shape index (κ1) is 13.2. The van der Waals surface area contributed by atoms with Gasteiger partial charge in [0.05, 0.1) is 0 Å². The minimum absolute atomic E-state index is 0.168. The molecule has 104 valence electrons. The molecule has 20 heavy (non-hydrogen) atoms. The molecule has 1 aromatic heterocycles. The zero-order valence-electron chi connectivity index (χ0n) is 10.8. The fourth-order valence-electron chi connectivity index (χ4n) is 2.81. The lowest BCUT2D eigenvalue weighted by atomic mass is 9.97. The standard InChI is InChI=1S/C15H14ClNO3/c16-11-7-3-6-10(8-11)13-12(15(18)19)14(20-17-13)9-4-1-2-5-9/h3,6-9H,1-2,4-5H2,(H,18,19). The average molecular weight is 292 g/mol. The number of rotatable bonds is 3. The minimum atomic E-state index is -0.997. The molecule has 1 saturated carbocycles. The fourth-order valence-corrected chi connectivity index (χ4v) is 3.00. The highest BCUT2D eigenvalue weighted by Gasteiger charge is 2.30. The van der Waals surface area contributed by atoms with Gasteiger partial charge in [0.2, 0.25) is 0 Å². The zero-order valence-corrected chi connectivity index (χ0v) is 11.6. The first-order valence-corrected chi connectivity index (χ1v) is 7.03. The fraction of sp³-hybridized carbons (Fsp3) is 0.333. The molecule has 1 aliphatic rings. The van der Waals surface area contributed by atoms with Crippen molar-refractivity contribution < 1.29 is 14.4 Å². The van der Waals surface area contributed by atoms with Crippen molar-refractivity contribution in [3.05, 3.63) is 40.6 Å². The monoisotopic (exact) mass is 291 g/mol. The molecule has 0 atom stereocenters. The van der Waals surface area contributed by atoms with Gasteiger partial charge in [0.25, 0.3) is 0 Å². The molecular weight excluding hydrogens is 278 g/mol. The molecular formula is C15H14ClNO3. The third-order valence-corrected chi connectivity index (χ3v) is 3.99. The lowest BCUT2D eigenvalue weighted by Crippen LogP contribution is -2.04. The lowest BCUT2D eigenvalue weighted by Gasteiger charge is -2.05. The van der Waals surface area contributed by atoms with E-state index in [9.17, 15) is 9.90 Å². The number of hydrogen-bond donors (Lipinski definition) is 1. The van der Waals surface area contributed by atoms with Crippen LogP contribution in [0.4, 0.5) is 0 Å². The van der Waals surface area contributed by atoms with E-state index in [0.29, 0.717) is 22.0 Å². The Morgan fingerprint density at radius 1 is 1.35 bits per heavy atom. The average Bonchev–Trinajstić information content (AvgIpc) is 3.07. The molecule has 4 nitrogen and oxygen atoms in total. The van der Waals surface area contributed by atoms with Gasteiger partial charge in [0.15, 0.2) is 5.76 Å². The summed E-state index contributed by atoms with van der Waals surface area (Å²) in [4.78, 5) is 11.6. The van der Waals surface area contributed by atoms with E-state index in [0.717, 1.165) is 25.7 Å². The predicted octanol–water partition coefficient (Wildman–Crippen LogP) is 4.35. The molecule has 0 amide bonds. The van der Waals surface area contributed by atoms with Gasteiger partial charge in [0.1, 0.15) is 11.3 Å². The molecule has 0 unspecified atom stereocenters. The third kappa shape index (κ3) is 2.31. The summed E-state index contributed by atoms with van der Waals surface area (Å²) in [6, 6.07) is 7.00. The Morgan fingerprint density at radius 2 is 2.10 bits per heavy atom. The van der Waals surface area contributed by atoms with Crippen LogP contribution in [0.2, 0.25) is 5.02 Å². The number of carboxylic acids is 1. The van der Waals surface area contributed by atoms with Crippen molar-refractivity contribution in [2.75, 3.05) is 0 Å². The molecule has 1 heterocycles. The van der Waals surface area contributed by atoms with Crippen LogP contribution in [0.15, 0.2) is 28.8 Å². The van der Waals surface area contributed by atoms with Crippen molar-refractivity contribution in [2.45, 2.75) is 31.6 Å². The van der Waals surface area contributed by atoms with Crippen LogP contribution in [0.25, 0.3) is 11.3 Å². The van der Waals surface area contributed by atoms with E-state index in [2.05, 4.69) is 5.16 Å². The summed E-state index contributed by atoms with van der Waals surface area (Å²) >= 11 is 5.95. The summed E-state index contributed by atoms with van der Waals surface area (Å²) in [6.07, 6.45) is 4.14. The summed E-state index contributed by atoms with van der Waals surface area (Å²) in [5.41, 5.74) is 1.21. The summed E-state index contributed by atoms with van der Waals surface area (Å²) in [5.74, 6) is -0.324. The molecule has 0 radical (unpaired) electrons. The van der Waals surface area contributed by atoms with Crippen molar-refractivity contribution in [1.82, 2.24) is 5.16 Å². The highest BCUT2D eigenvalue weighted by molar-refractivity contribution is 6.30. The second-order valence-corrected chi connectivity index (χ2v) is 5.50. The Kier molecular flexibility index (Phi) is 3.49. The molecule has 1 aromatic carbocycles. The van der Waals surface area contributed by atoms with Gasteiger partial charge >= 0.3 is 5.97 Å². The number of aromatic nitrogens is 1. The number of benzene rings is 1. The summed E-state index contributed by atoms with van der Waals surface area (Å²) in [6.45, 7) is 0. The van der Waals surface area contributed by atoms with E-state index < -0.39 is 5.97 Å². The van der Waals surface area contributed by atoms with Gasteiger partial charge in [-0.1, -0.05) is 41.7 Å². The van der Waals surface area contributed by atoms with E-state index in [1.54, 1.807) is 24.3 Å². The van der Waals surface area contributed by atoms with Gasteiger partial charge in [-0.15, -0.1) is 0 Å². The first-order valence-electron chi connectivity index (χ1n) is 6.65. The Balaban J connectivity index is 2.09. The van der Waals surface area contributed by atoms with Crippen LogP contribution in [-0.4, -0.2) is 16.2 Å². The maximum atomic E-state index is 11.6. The lowest BCUT2D eigenvalue weighted by molar-refractivity contribution is 0.0694. The summed E-state index contributed by atoms with van der Waals surface area (Å²) < 4.78 is 5.36. The molecule has 0 aliphatic heterocycles. The topological polar surface area (TPSA) is 63.3 Å². The maximum Gasteiger partial charge on any atom is 0.341 e. The highest BCUT2D eigenvalue weighted by atomic mass is 35.5. The zero-order chi connectivity index (χ0) is 14.1. The van der Waals surface area contributed by atoms with Crippen LogP contribution >= 0.6 is 11.6 Å². The predicted molar refractivity (Wildman–Crippen MR) is 75.1 cm³/mol. The third-order valence-electron chi connectivity index (χ3n) is 3.76.